The number of carbonyl (C=O) groups excluding carboxylic acids is 1. The van der Waals surface area contributed by atoms with Crippen molar-refractivity contribution in [3.63, 3.8) is 0 Å². The molecule has 0 aliphatic carbocycles. The zero-order chi connectivity index (χ0) is 25.8. The number of aliphatic imine (C=N–C) groups is 1. The molecule has 0 unspecified atom stereocenters. The van der Waals surface area contributed by atoms with Crippen molar-refractivity contribution >= 4 is 17.6 Å². The number of halogens is 6. The lowest BCUT2D eigenvalue weighted by molar-refractivity contribution is -0.146. The molecule has 3 N–H and O–H groups in total. The highest BCUT2D eigenvalue weighted by molar-refractivity contribution is 6.02. The molecule has 0 spiro atoms. The fourth-order valence-electron chi connectivity index (χ4n) is 4.53. The van der Waals surface area contributed by atoms with E-state index in [9.17, 15) is 26.7 Å². The molecule has 1 aromatic heterocycles. The van der Waals surface area contributed by atoms with Crippen LogP contribution in [0.15, 0.2) is 41.5 Å². The predicted octanol–water partition coefficient (Wildman–Crippen LogP) is 4.09. The maximum atomic E-state index is 15.1. The topological polar surface area (TPSA) is 98.8 Å². The van der Waals surface area contributed by atoms with Gasteiger partial charge in [-0.25, -0.2) is 18.2 Å². The number of amides is 1. The Morgan fingerprint density at radius 1 is 1.17 bits per heavy atom. The van der Waals surface area contributed by atoms with Gasteiger partial charge in [-0.15, -0.1) is 0 Å². The third-order valence-corrected chi connectivity index (χ3v) is 6.26. The lowest BCUT2D eigenvalue weighted by Crippen LogP contribution is -2.56. The average Bonchev–Trinajstić information content (AvgIpc) is 3.08. The number of benzene rings is 1. The molecule has 3 atom stereocenters. The molecule has 1 fully saturated rings. The molecule has 188 valence electrons. The summed E-state index contributed by atoms with van der Waals surface area (Å²) in [6.45, 7) is 1.33. The van der Waals surface area contributed by atoms with E-state index in [0.29, 0.717) is 19.2 Å². The Morgan fingerprint density at radius 3 is 2.49 bits per heavy atom. The number of rotatable bonds is 4. The van der Waals surface area contributed by atoms with Crippen molar-refractivity contribution in [3.05, 3.63) is 59.2 Å². The number of fused-ring (bicyclic) bond motifs is 1. The number of alkyl halides is 5. The molecule has 0 radical (unpaired) electrons. The first-order valence-electron chi connectivity index (χ1n) is 10.3. The molecule has 0 saturated carbocycles. The van der Waals surface area contributed by atoms with Gasteiger partial charge in [0.15, 0.2) is 0 Å². The predicted molar refractivity (Wildman–Crippen MR) is 111 cm³/mol. The molecule has 2 aliphatic heterocycles. The van der Waals surface area contributed by atoms with Crippen molar-refractivity contribution in [2.24, 2.45) is 16.1 Å². The van der Waals surface area contributed by atoms with Gasteiger partial charge >= 0.3 is 6.18 Å². The number of hydrogen-bond donors (Lipinski definition) is 2. The van der Waals surface area contributed by atoms with Crippen LogP contribution in [-0.4, -0.2) is 42.2 Å². The van der Waals surface area contributed by atoms with E-state index in [0.717, 1.165) is 12.1 Å². The van der Waals surface area contributed by atoms with Gasteiger partial charge in [-0.2, -0.15) is 13.2 Å². The van der Waals surface area contributed by atoms with Crippen LogP contribution >= 0.6 is 0 Å². The molecule has 0 bridgehead atoms. The maximum absolute atomic E-state index is 15.1. The minimum atomic E-state index is -4.62. The number of carbonyl (C=O) groups is 1. The molecule has 2 aliphatic rings. The highest BCUT2D eigenvalue weighted by Crippen LogP contribution is 2.57. The number of hydrogen-bond acceptors (Lipinski definition) is 6. The van der Waals surface area contributed by atoms with Crippen LogP contribution in [0, 0.1) is 11.2 Å². The summed E-state index contributed by atoms with van der Waals surface area (Å²) in [6.07, 6.45) is -5.79. The van der Waals surface area contributed by atoms with Crippen molar-refractivity contribution in [2.45, 2.75) is 37.6 Å². The first-order valence-corrected chi connectivity index (χ1v) is 10.3. The highest BCUT2D eigenvalue weighted by Gasteiger charge is 2.68. The molecule has 7 nitrogen and oxygen atoms in total. The van der Waals surface area contributed by atoms with Crippen molar-refractivity contribution in [1.82, 2.24) is 4.98 Å². The Hall–Kier alpha value is -3.35. The Morgan fingerprint density at radius 2 is 1.89 bits per heavy atom. The van der Waals surface area contributed by atoms with Crippen molar-refractivity contribution in [2.75, 3.05) is 18.5 Å². The molecule has 35 heavy (non-hydrogen) atoms. The number of pyridine rings is 1. The summed E-state index contributed by atoms with van der Waals surface area (Å²) in [6, 6.07) is 4.64. The molecule has 1 aromatic carbocycles. The van der Waals surface area contributed by atoms with E-state index in [2.05, 4.69) is 15.3 Å². The van der Waals surface area contributed by atoms with Gasteiger partial charge in [0, 0.05) is 24.4 Å². The molecular weight excluding hydrogens is 482 g/mol. The first-order chi connectivity index (χ1) is 16.2. The summed E-state index contributed by atoms with van der Waals surface area (Å²) in [5.41, 5.74) is 0.984. The molecule has 4 rings (SSSR count). The fraction of sp³-hybridized carbons (Fsp3) is 0.409. The van der Waals surface area contributed by atoms with Crippen LogP contribution in [0.3, 0.4) is 0 Å². The van der Waals surface area contributed by atoms with Crippen LogP contribution in [0.25, 0.3) is 0 Å². The monoisotopic (exact) mass is 502 g/mol. The summed E-state index contributed by atoms with van der Waals surface area (Å²) in [5, 5.41) is 2.42. The van der Waals surface area contributed by atoms with Gasteiger partial charge in [-0.3, -0.25) is 9.78 Å². The minimum absolute atomic E-state index is 0.0248. The SMILES string of the molecule is CC(F)(F)[C@H]1OC[C@]2(c3cc(NC(=O)c4ccc(C(F)(F)F)cn4)ccc3F)N=C(N)OC[C@]12C. The third kappa shape index (κ3) is 4.17. The van der Waals surface area contributed by atoms with E-state index in [1.54, 1.807) is 0 Å². The minimum Gasteiger partial charge on any atom is -0.465 e. The van der Waals surface area contributed by atoms with Gasteiger partial charge in [0.05, 0.1) is 17.6 Å². The number of ether oxygens (including phenoxy) is 2. The van der Waals surface area contributed by atoms with Gasteiger partial charge in [0.2, 0.25) is 0 Å². The van der Waals surface area contributed by atoms with Crippen LogP contribution in [0.1, 0.15) is 35.5 Å². The van der Waals surface area contributed by atoms with E-state index in [1.165, 1.54) is 19.1 Å². The zero-order valence-electron chi connectivity index (χ0n) is 18.4. The quantitative estimate of drug-likeness (QED) is 0.614. The first kappa shape index (κ1) is 24.8. The van der Waals surface area contributed by atoms with Crippen LogP contribution in [-0.2, 0) is 21.2 Å². The van der Waals surface area contributed by atoms with Gasteiger partial charge in [-0.05, 0) is 30.3 Å². The summed E-state index contributed by atoms with van der Waals surface area (Å²) in [4.78, 5) is 20.2. The summed E-state index contributed by atoms with van der Waals surface area (Å²) >= 11 is 0. The number of anilines is 1. The van der Waals surface area contributed by atoms with E-state index >= 15 is 4.39 Å². The average molecular weight is 502 g/mol. The van der Waals surface area contributed by atoms with Crippen LogP contribution in [0.4, 0.5) is 32.0 Å². The smallest absolute Gasteiger partial charge is 0.417 e. The van der Waals surface area contributed by atoms with Gasteiger partial charge in [0.25, 0.3) is 17.9 Å². The second-order valence-electron chi connectivity index (χ2n) is 8.74. The summed E-state index contributed by atoms with van der Waals surface area (Å²) in [5.74, 6) is -5.01. The lowest BCUT2D eigenvalue weighted by atomic mass is 9.65. The molecule has 2 aromatic rings. The number of nitrogens with zero attached hydrogens (tertiary/aromatic N) is 2. The highest BCUT2D eigenvalue weighted by atomic mass is 19.4. The van der Waals surface area contributed by atoms with E-state index in [4.69, 9.17) is 15.2 Å². The van der Waals surface area contributed by atoms with Crippen LogP contribution in [0.5, 0.6) is 0 Å². The second-order valence-corrected chi connectivity index (χ2v) is 8.74. The van der Waals surface area contributed by atoms with E-state index in [-0.39, 0.29) is 29.6 Å². The third-order valence-electron chi connectivity index (χ3n) is 6.26. The van der Waals surface area contributed by atoms with Gasteiger partial charge < -0.3 is 20.5 Å². The molecule has 13 heteroatoms. The second kappa shape index (κ2) is 8.11. The Kier molecular flexibility index (Phi) is 5.74. The largest absolute Gasteiger partial charge is 0.465 e. The summed E-state index contributed by atoms with van der Waals surface area (Å²) in [7, 11) is 0. The zero-order valence-corrected chi connectivity index (χ0v) is 18.4. The Balaban J connectivity index is 1.70. The molecule has 1 amide bonds. The van der Waals surface area contributed by atoms with E-state index in [1.807, 2.05) is 0 Å². The normalized spacial score (nSPS) is 26.5. The standard InChI is InChI=1S/C22H20F6N4O3/c1-19-9-35-18(29)32-21(19,10-34-17(19)20(2,24)25)13-7-12(4-5-14(13)23)31-16(33)15-6-3-11(8-30-15)22(26,27)28/h3-8,17H,9-10H2,1-2H3,(H2,29,32)(H,31,33)/t17-,19+,21+/m0/s1. The maximum Gasteiger partial charge on any atom is 0.417 e. The molecule has 3 heterocycles. The molecule has 1 saturated heterocycles. The van der Waals surface area contributed by atoms with E-state index < -0.39 is 53.1 Å². The Labute approximate surface area is 195 Å². The van der Waals surface area contributed by atoms with Crippen LogP contribution < -0.4 is 11.1 Å². The van der Waals surface area contributed by atoms with Gasteiger partial charge in [0.1, 0.15) is 29.8 Å². The lowest BCUT2D eigenvalue weighted by Gasteiger charge is -2.45. The van der Waals surface area contributed by atoms with Crippen LogP contribution in [0.2, 0.25) is 0 Å². The summed E-state index contributed by atoms with van der Waals surface area (Å²) < 4.78 is 92.7. The van der Waals surface area contributed by atoms with Crippen molar-refractivity contribution in [1.29, 1.82) is 0 Å². The number of nitrogens with one attached hydrogen (secondary N) is 1. The van der Waals surface area contributed by atoms with Gasteiger partial charge in [-0.1, -0.05) is 6.92 Å². The van der Waals surface area contributed by atoms with Crippen molar-refractivity contribution in [3.8, 4) is 0 Å². The number of aromatic nitrogens is 1. The molecular formula is C22H20F6N4O3. The number of amidine groups is 1. The van der Waals surface area contributed by atoms with Crippen molar-refractivity contribution < 1.29 is 40.6 Å². The Bertz CT molecular complexity index is 1180. The number of nitrogens with two attached hydrogens (primary N) is 1. The fourth-order valence-corrected chi connectivity index (χ4v) is 4.53.